The molecule has 3 aliphatic rings. The number of amides is 1. The van der Waals surface area contributed by atoms with E-state index >= 15 is 0 Å². The third kappa shape index (κ3) is 7.65. The van der Waals surface area contributed by atoms with Crippen molar-refractivity contribution in [1.82, 2.24) is 4.90 Å². The summed E-state index contributed by atoms with van der Waals surface area (Å²) >= 11 is 14.0. The van der Waals surface area contributed by atoms with Crippen LogP contribution in [0.3, 0.4) is 0 Å². The lowest BCUT2D eigenvalue weighted by Crippen LogP contribution is -2.53. The third-order valence-electron chi connectivity index (χ3n) is 8.79. The van der Waals surface area contributed by atoms with Gasteiger partial charge >= 0.3 is 12.1 Å². The molecule has 5 heterocycles. The van der Waals surface area contributed by atoms with E-state index in [2.05, 4.69) is 4.90 Å². The third-order valence-corrected chi connectivity index (χ3v) is 10.5. The largest absolute Gasteiger partial charge is 0.619 e. The maximum Gasteiger partial charge on any atom is 0.414 e. The van der Waals surface area contributed by atoms with Crippen molar-refractivity contribution in [3.8, 4) is 11.5 Å². The van der Waals surface area contributed by atoms with Crippen LogP contribution in [0.25, 0.3) is 0 Å². The van der Waals surface area contributed by atoms with Crippen LogP contribution in [-0.4, -0.2) is 56.9 Å². The topological polar surface area (TPSA) is 104 Å². The van der Waals surface area contributed by atoms with Crippen LogP contribution in [0.4, 0.5) is 10.5 Å². The summed E-state index contributed by atoms with van der Waals surface area (Å²) in [6, 6.07) is 18.0. The van der Waals surface area contributed by atoms with Gasteiger partial charge in [0.25, 0.3) is 0 Å². The van der Waals surface area contributed by atoms with Gasteiger partial charge in [0.2, 0.25) is 0 Å². The fourth-order valence-electron chi connectivity index (χ4n) is 6.21. The zero-order valence-electron chi connectivity index (χ0n) is 26.5. The molecule has 0 radical (unpaired) electrons. The predicted molar refractivity (Wildman–Crippen MR) is 183 cm³/mol. The van der Waals surface area contributed by atoms with Crippen LogP contribution in [0.15, 0.2) is 73.1 Å². The van der Waals surface area contributed by atoms with Gasteiger partial charge in [-0.1, -0.05) is 47.5 Å². The van der Waals surface area contributed by atoms with E-state index in [0.717, 1.165) is 37.4 Å². The SMILES string of the molecule is COc1ccc([C@H](Cc2c(Cl)c[n+]([O-])cc2Cl)OC(=O)c2ccc(CN(C(=O)O[C@H]3CN4CCC3CC4)c3ccccc3)s2)cc1OC. The Morgan fingerprint density at radius 1 is 1.00 bits per heavy atom. The molecule has 2 aromatic heterocycles. The smallest absolute Gasteiger partial charge is 0.414 e. The van der Waals surface area contributed by atoms with Crippen LogP contribution in [-0.2, 0) is 22.4 Å². The normalized spacial score (nSPS) is 19.0. The molecule has 48 heavy (non-hydrogen) atoms. The molecule has 0 spiro atoms. The Labute approximate surface area is 292 Å². The van der Waals surface area contributed by atoms with Gasteiger partial charge in [0.05, 0.1) is 20.8 Å². The number of hydrogen-bond donors (Lipinski definition) is 0. The molecule has 1 amide bonds. The number of methoxy groups -OCH3 is 2. The number of halogens is 2. The monoisotopic (exact) mass is 711 g/mol. The van der Waals surface area contributed by atoms with E-state index in [1.54, 1.807) is 29.2 Å². The van der Waals surface area contributed by atoms with Crippen molar-refractivity contribution < 1.29 is 33.3 Å². The van der Waals surface area contributed by atoms with E-state index in [1.807, 2.05) is 36.4 Å². The quantitative estimate of drug-likeness (QED) is 0.0924. The van der Waals surface area contributed by atoms with Gasteiger partial charge in [-0.3, -0.25) is 9.80 Å². The van der Waals surface area contributed by atoms with E-state index in [4.69, 9.17) is 42.1 Å². The molecular weight excluding hydrogens is 677 g/mol. The molecule has 4 aromatic rings. The van der Waals surface area contributed by atoms with Crippen molar-refractivity contribution in [3.05, 3.63) is 109 Å². The number of carbonyl (C=O) groups is 2. The predicted octanol–water partition coefficient (Wildman–Crippen LogP) is 7.08. The number of anilines is 1. The lowest BCUT2D eigenvalue weighted by Gasteiger charge is -2.44. The fraction of sp³-hybridized carbons (Fsp3) is 0.343. The van der Waals surface area contributed by atoms with Gasteiger partial charge in [-0.05, 0) is 73.8 Å². The Hall–Kier alpha value is -4.03. The number of esters is 1. The highest BCUT2D eigenvalue weighted by Gasteiger charge is 2.37. The van der Waals surface area contributed by atoms with Crippen LogP contribution in [0.5, 0.6) is 11.5 Å². The average molecular weight is 713 g/mol. The number of piperidine rings is 3. The molecule has 13 heteroatoms. The van der Waals surface area contributed by atoms with Crippen molar-refractivity contribution in [2.24, 2.45) is 5.92 Å². The number of para-hydroxylation sites is 1. The van der Waals surface area contributed by atoms with Crippen LogP contribution in [0.1, 0.15) is 44.6 Å². The molecule has 0 saturated carbocycles. The molecule has 3 fully saturated rings. The first kappa shape index (κ1) is 33.9. The van der Waals surface area contributed by atoms with Gasteiger partial charge in [-0.15, -0.1) is 11.3 Å². The summed E-state index contributed by atoms with van der Waals surface area (Å²) in [6.45, 7) is 3.07. The van der Waals surface area contributed by atoms with Gasteiger partial charge in [0, 0.05) is 29.1 Å². The number of carbonyl (C=O) groups excluding carboxylic acids is 2. The number of aromatic nitrogens is 1. The van der Waals surface area contributed by atoms with Gasteiger partial charge in [-0.25, -0.2) is 9.59 Å². The summed E-state index contributed by atoms with van der Waals surface area (Å²) in [5.41, 5.74) is 1.75. The molecule has 0 unspecified atom stereocenters. The molecule has 10 nitrogen and oxygen atoms in total. The van der Waals surface area contributed by atoms with Gasteiger partial charge in [0.1, 0.15) is 27.1 Å². The number of benzene rings is 2. The van der Waals surface area contributed by atoms with E-state index in [0.29, 0.717) is 43.8 Å². The Balaban J connectivity index is 1.22. The van der Waals surface area contributed by atoms with Crippen molar-refractivity contribution in [2.45, 2.75) is 38.0 Å². The van der Waals surface area contributed by atoms with Crippen molar-refractivity contribution in [3.63, 3.8) is 0 Å². The lowest BCUT2D eigenvalue weighted by molar-refractivity contribution is -0.605. The number of hydrogen-bond acceptors (Lipinski definition) is 9. The zero-order valence-corrected chi connectivity index (χ0v) is 28.8. The van der Waals surface area contributed by atoms with Gasteiger partial charge in [0.15, 0.2) is 23.9 Å². The molecule has 252 valence electrons. The second-order valence-corrected chi connectivity index (χ2v) is 13.7. The highest BCUT2D eigenvalue weighted by molar-refractivity contribution is 7.14. The van der Waals surface area contributed by atoms with E-state index in [-0.39, 0.29) is 29.1 Å². The zero-order chi connectivity index (χ0) is 33.8. The van der Waals surface area contributed by atoms with E-state index < -0.39 is 18.2 Å². The lowest BCUT2D eigenvalue weighted by atomic mass is 9.86. The summed E-state index contributed by atoms with van der Waals surface area (Å²) in [5, 5.41) is 12.2. The minimum atomic E-state index is -0.849. The van der Waals surface area contributed by atoms with Crippen LogP contribution < -0.4 is 19.1 Å². The molecule has 7 rings (SSSR count). The van der Waals surface area contributed by atoms with Crippen LogP contribution in [0, 0.1) is 11.1 Å². The van der Waals surface area contributed by atoms with Crippen LogP contribution in [0.2, 0.25) is 10.0 Å². The molecule has 2 aromatic carbocycles. The van der Waals surface area contributed by atoms with E-state index in [1.165, 1.54) is 38.0 Å². The Kier molecular flexibility index (Phi) is 10.6. The van der Waals surface area contributed by atoms with Crippen molar-refractivity contribution in [2.75, 3.05) is 38.8 Å². The second-order valence-electron chi connectivity index (χ2n) is 11.8. The minimum absolute atomic E-state index is 0.0885. The number of rotatable bonds is 11. The Bertz CT molecular complexity index is 1740. The van der Waals surface area contributed by atoms with Gasteiger partial charge in [-0.2, -0.15) is 4.73 Å². The summed E-state index contributed by atoms with van der Waals surface area (Å²) in [6.07, 6.45) is 3.14. The fourth-order valence-corrected chi connectivity index (χ4v) is 7.69. The maximum absolute atomic E-state index is 13.7. The number of thiophene rings is 1. The number of pyridine rings is 1. The van der Waals surface area contributed by atoms with Crippen molar-refractivity contribution in [1.29, 1.82) is 0 Å². The summed E-state index contributed by atoms with van der Waals surface area (Å²) in [5.74, 6) is 0.755. The highest BCUT2D eigenvalue weighted by atomic mass is 35.5. The number of fused-ring (bicyclic) bond motifs is 3. The average Bonchev–Trinajstić information content (AvgIpc) is 3.57. The summed E-state index contributed by atoms with van der Waals surface area (Å²) < 4.78 is 23.5. The van der Waals surface area contributed by atoms with E-state index in [9.17, 15) is 14.8 Å². The second kappa shape index (κ2) is 15.0. The summed E-state index contributed by atoms with van der Waals surface area (Å²) in [7, 11) is 3.04. The minimum Gasteiger partial charge on any atom is -0.619 e. The molecule has 0 aliphatic carbocycles. The first-order chi connectivity index (χ1) is 23.2. The maximum atomic E-state index is 13.7. The number of ether oxygens (including phenoxy) is 4. The summed E-state index contributed by atoms with van der Waals surface area (Å²) in [4.78, 5) is 32.3. The van der Waals surface area contributed by atoms with Crippen molar-refractivity contribution >= 4 is 52.3 Å². The molecule has 0 N–H and O–H groups in total. The standard InChI is InChI=1S/C35H35Cl2N3O7S/c1-44-29-10-8-23(16-31(29)45-2)30(17-26-27(36)19-39(43)20-28(26)37)46-34(41)33-11-9-25(48-33)18-40(24-6-4-3-5-7-24)35(42)47-32-21-38-14-12-22(32)13-15-38/h3-11,16,19-20,22,30,32H,12-15,17-18,21H2,1-2H3/t30-,32-/m0/s1. The highest BCUT2D eigenvalue weighted by Crippen LogP contribution is 2.36. The Morgan fingerprint density at radius 3 is 2.35 bits per heavy atom. The molecular formula is C35H35Cl2N3O7S. The number of nitrogens with zero attached hydrogens (tertiary/aromatic N) is 3. The first-order valence-corrected chi connectivity index (χ1v) is 17.1. The molecule has 2 atom stereocenters. The molecule has 3 saturated heterocycles. The first-order valence-electron chi connectivity index (χ1n) is 15.6. The molecule has 3 aliphatic heterocycles. The Morgan fingerprint density at radius 2 is 1.71 bits per heavy atom. The van der Waals surface area contributed by atoms with Gasteiger partial charge < -0.3 is 24.2 Å². The van der Waals surface area contributed by atoms with Crippen LogP contribution >= 0.6 is 34.5 Å². The molecule has 2 bridgehead atoms.